The molecule has 5 rings (SSSR count). The number of hydrogen-bond acceptors (Lipinski definition) is 5. The van der Waals surface area contributed by atoms with Gasteiger partial charge in [-0.15, -0.1) is 0 Å². The fourth-order valence-corrected chi connectivity index (χ4v) is 5.64. The predicted octanol–water partition coefficient (Wildman–Crippen LogP) is 7.58. The number of carbonyl (C=O) groups is 1. The highest BCUT2D eigenvalue weighted by Crippen LogP contribution is 2.41. The average Bonchev–Trinajstić information content (AvgIpc) is 3.50. The first-order chi connectivity index (χ1) is 20.2. The van der Waals surface area contributed by atoms with E-state index in [4.69, 9.17) is 9.47 Å². The van der Waals surface area contributed by atoms with Crippen molar-refractivity contribution in [3.05, 3.63) is 71.0 Å². The van der Waals surface area contributed by atoms with Crippen LogP contribution in [-0.4, -0.2) is 45.3 Å². The fourth-order valence-electron chi connectivity index (χ4n) is 5.64. The lowest BCUT2D eigenvalue weighted by Crippen LogP contribution is -2.35. The monoisotopic (exact) mass is 610 g/mol. The molecule has 232 valence electrons. The van der Waals surface area contributed by atoms with Gasteiger partial charge >= 0.3 is 18.4 Å². The number of nitrogens with one attached hydrogen (secondary N) is 1. The zero-order valence-corrected chi connectivity index (χ0v) is 23.8. The second kappa shape index (κ2) is 11.7. The Hall–Kier alpha value is -3.74. The molecule has 4 heterocycles. The van der Waals surface area contributed by atoms with Crippen molar-refractivity contribution >= 4 is 11.9 Å². The number of carbonyl (C=O) groups excluding carboxylic acids is 1. The van der Waals surface area contributed by atoms with E-state index in [2.05, 4.69) is 10.3 Å². The summed E-state index contributed by atoms with van der Waals surface area (Å²) in [5.74, 6) is 0.529. The van der Waals surface area contributed by atoms with Crippen molar-refractivity contribution in [1.82, 2.24) is 14.5 Å². The number of nitrogens with zero attached hydrogens (tertiary/aromatic N) is 3. The van der Waals surface area contributed by atoms with E-state index in [9.17, 15) is 31.1 Å². The number of anilines is 1. The Bertz CT molecular complexity index is 1440. The van der Waals surface area contributed by atoms with Crippen LogP contribution in [0.3, 0.4) is 0 Å². The molecular formula is C30H32F6N4O3. The van der Waals surface area contributed by atoms with Gasteiger partial charge in [0, 0.05) is 48.9 Å². The first kappa shape index (κ1) is 30.7. The number of aryl methyl sites for hydroxylation is 1. The molecule has 2 aromatic heterocycles. The summed E-state index contributed by atoms with van der Waals surface area (Å²) in [6.07, 6.45) is -6.19. The maximum absolute atomic E-state index is 13.5. The maximum atomic E-state index is 13.5. The van der Waals surface area contributed by atoms with Gasteiger partial charge in [-0.1, -0.05) is 6.92 Å². The first-order valence-corrected chi connectivity index (χ1v) is 14.0. The molecule has 2 fully saturated rings. The van der Waals surface area contributed by atoms with Crippen molar-refractivity contribution in [1.29, 1.82) is 0 Å². The lowest BCUT2D eigenvalue weighted by Gasteiger charge is -2.31. The summed E-state index contributed by atoms with van der Waals surface area (Å²) in [7, 11) is 1.88. The van der Waals surface area contributed by atoms with Crippen molar-refractivity contribution in [3.8, 4) is 11.3 Å². The molecule has 0 saturated carbocycles. The number of benzene rings is 1. The molecular weight excluding hydrogens is 578 g/mol. The minimum absolute atomic E-state index is 0.0321. The quantitative estimate of drug-likeness (QED) is 0.280. The summed E-state index contributed by atoms with van der Waals surface area (Å²) >= 11 is 0. The molecule has 2 aliphatic heterocycles. The van der Waals surface area contributed by atoms with Crippen LogP contribution in [0.15, 0.2) is 48.8 Å². The highest BCUT2D eigenvalue weighted by molar-refractivity contribution is 5.72. The van der Waals surface area contributed by atoms with Crippen molar-refractivity contribution < 1.29 is 40.6 Å². The van der Waals surface area contributed by atoms with Crippen molar-refractivity contribution in [2.75, 3.05) is 11.9 Å². The Labute approximate surface area is 244 Å². The maximum Gasteiger partial charge on any atom is 0.416 e. The van der Waals surface area contributed by atoms with Gasteiger partial charge in [0.1, 0.15) is 11.9 Å². The fraction of sp³-hybridized carbons (Fsp3) is 0.467. The molecule has 1 N–H and O–H groups in total. The van der Waals surface area contributed by atoms with Crippen LogP contribution in [0.2, 0.25) is 0 Å². The third kappa shape index (κ3) is 6.61. The highest BCUT2D eigenvalue weighted by atomic mass is 19.4. The van der Waals surface area contributed by atoms with Crippen molar-refractivity contribution in [2.45, 2.75) is 76.3 Å². The second-order valence-electron chi connectivity index (χ2n) is 11.0. The largest absolute Gasteiger partial charge is 0.439 e. The van der Waals surface area contributed by atoms with Gasteiger partial charge in [-0.05, 0) is 68.1 Å². The Morgan fingerprint density at radius 3 is 2.37 bits per heavy atom. The van der Waals surface area contributed by atoms with E-state index in [-0.39, 0.29) is 30.3 Å². The van der Waals surface area contributed by atoms with Crippen LogP contribution in [0.1, 0.15) is 61.5 Å². The van der Waals surface area contributed by atoms with Gasteiger partial charge in [0.15, 0.2) is 0 Å². The zero-order chi connectivity index (χ0) is 31.1. The lowest BCUT2D eigenvalue weighted by molar-refractivity contribution is -0.143. The van der Waals surface area contributed by atoms with E-state index >= 15 is 0 Å². The summed E-state index contributed by atoms with van der Waals surface area (Å²) in [4.78, 5) is 19.1. The predicted molar refractivity (Wildman–Crippen MR) is 146 cm³/mol. The third-order valence-corrected chi connectivity index (χ3v) is 8.04. The van der Waals surface area contributed by atoms with Crippen LogP contribution in [0.25, 0.3) is 11.3 Å². The molecule has 0 aliphatic carbocycles. The molecule has 2 unspecified atom stereocenters. The van der Waals surface area contributed by atoms with Crippen LogP contribution in [-0.2, 0) is 35.4 Å². The average molecular weight is 611 g/mol. The van der Waals surface area contributed by atoms with E-state index in [0.29, 0.717) is 30.1 Å². The number of hydrogen-bond donors (Lipinski definition) is 1. The number of halogens is 6. The van der Waals surface area contributed by atoms with Crippen LogP contribution in [0, 0.1) is 0 Å². The molecule has 4 atom stereocenters. The van der Waals surface area contributed by atoms with Gasteiger partial charge in [-0.2, -0.15) is 26.3 Å². The lowest BCUT2D eigenvalue weighted by atomic mass is 9.97. The standard InChI is InChI=1S/C30H32F6N4O3/c1-4-24-14-23(7-9-42-24)38-27-20(10-19(15-37-27)25-6-5-8-39(25)3)16-40-17(2)26(43-28(40)41)18-11-21(29(31,32)33)13-22(12-18)30(34,35)36/h5-6,8,10-13,15,17,23-24,26H,4,7,9,14,16H2,1-3H3,(H,37,38)/t17-,23?,24?,26-/m0/s1. The van der Waals surface area contributed by atoms with Crippen LogP contribution >= 0.6 is 0 Å². The van der Waals surface area contributed by atoms with Crippen molar-refractivity contribution in [3.63, 3.8) is 0 Å². The molecule has 1 amide bonds. The number of rotatable bonds is 7. The molecule has 2 aliphatic rings. The highest BCUT2D eigenvalue weighted by Gasteiger charge is 2.43. The molecule has 2 saturated heterocycles. The number of alkyl halides is 6. The summed E-state index contributed by atoms with van der Waals surface area (Å²) in [5, 5.41) is 3.47. The molecule has 0 radical (unpaired) electrons. The Morgan fingerprint density at radius 1 is 1.07 bits per heavy atom. The SMILES string of the molecule is CCC1CC(Nc2ncc(-c3cccn3C)cc2CN2C(=O)O[C@H](c3cc(C(F)(F)F)cc(C(F)(F)F)c3)[C@@H]2C)CCO1. The van der Waals surface area contributed by atoms with E-state index < -0.39 is 41.7 Å². The van der Waals surface area contributed by atoms with Crippen LogP contribution < -0.4 is 5.32 Å². The summed E-state index contributed by atoms with van der Waals surface area (Å²) in [6, 6.07) is 6.11. The molecule has 0 spiro atoms. The van der Waals surface area contributed by atoms with E-state index in [1.54, 1.807) is 6.20 Å². The molecule has 1 aromatic carbocycles. The molecule has 7 nitrogen and oxygen atoms in total. The smallest absolute Gasteiger partial charge is 0.416 e. The Kier molecular flexibility index (Phi) is 8.39. The Balaban J connectivity index is 1.47. The zero-order valence-electron chi connectivity index (χ0n) is 23.8. The van der Waals surface area contributed by atoms with Gasteiger partial charge in [0.05, 0.1) is 29.8 Å². The van der Waals surface area contributed by atoms with E-state index in [0.717, 1.165) is 30.5 Å². The van der Waals surface area contributed by atoms with Crippen molar-refractivity contribution in [2.24, 2.45) is 7.05 Å². The first-order valence-electron chi connectivity index (χ1n) is 14.0. The number of ether oxygens (including phenoxy) is 2. The van der Waals surface area contributed by atoms with E-state index in [1.807, 2.05) is 42.9 Å². The number of pyridine rings is 1. The van der Waals surface area contributed by atoms with E-state index in [1.165, 1.54) is 11.8 Å². The Morgan fingerprint density at radius 2 is 1.77 bits per heavy atom. The minimum Gasteiger partial charge on any atom is -0.439 e. The number of cyclic esters (lactones) is 1. The second-order valence-corrected chi connectivity index (χ2v) is 11.0. The summed E-state index contributed by atoms with van der Waals surface area (Å²) in [6.45, 7) is 4.13. The van der Waals surface area contributed by atoms with Gasteiger partial charge in [0.2, 0.25) is 0 Å². The minimum atomic E-state index is -5.02. The van der Waals surface area contributed by atoms with Crippen LogP contribution in [0.5, 0.6) is 0 Å². The molecule has 43 heavy (non-hydrogen) atoms. The normalized spacial score (nSPS) is 23.0. The summed E-state index contributed by atoms with van der Waals surface area (Å²) in [5.41, 5.74) is -1.04. The number of aromatic nitrogens is 2. The molecule has 3 aromatic rings. The third-order valence-electron chi connectivity index (χ3n) is 8.04. The topological polar surface area (TPSA) is 68.6 Å². The summed E-state index contributed by atoms with van der Waals surface area (Å²) < 4.78 is 94.2. The van der Waals surface area contributed by atoms with Crippen LogP contribution in [0.4, 0.5) is 37.0 Å². The molecule has 13 heteroatoms. The van der Waals surface area contributed by atoms with Gasteiger partial charge in [-0.25, -0.2) is 9.78 Å². The van der Waals surface area contributed by atoms with Gasteiger partial charge in [0.25, 0.3) is 0 Å². The van der Waals surface area contributed by atoms with Gasteiger partial charge < -0.3 is 19.4 Å². The molecule has 0 bridgehead atoms. The number of amides is 1. The van der Waals surface area contributed by atoms with Gasteiger partial charge in [-0.3, -0.25) is 4.90 Å².